The molecule has 3 aromatic carbocycles. The van der Waals surface area contributed by atoms with E-state index in [-0.39, 0.29) is 11.6 Å². The molecule has 1 fully saturated rings. The molecule has 0 saturated carbocycles. The topological polar surface area (TPSA) is 88.3 Å². The molecule has 9 heteroatoms. The third-order valence-electron chi connectivity index (χ3n) is 6.01. The van der Waals surface area contributed by atoms with E-state index < -0.39 is 4.92 Å². The number of aliphatic imine (C=N–C) groups is 1. The average Bonchev–Trinajstić information content (AvgIpc) is 3.29. The summed E-state index contributed by atoms with van der Waals surface area (Å²) in [5.41, 5.74) is 3.00. The van der Waals surface area contributed by atoms with Gasteiger partial charge in [0.2, 0.25) is 0 Å². The number of nitrogens with zero attached hydrogens (tertiary/aromatic N) is 4. The van der Waals surface area contributed by atoms with Crippen LogP contribution >= 0.6 is 11.8 Å². The van der Waals surface area contributed by atoms with Crippen molar-refractivity contribution in [1.29, 1.82) is 0 Å². The number of anilines is 1. The van der Waals surface area contributed by atoms with Crippen LogP contribution < -0.4 is 9.64 Å². The summed E-state index contributed by atoms with van der Waals surface area (Å²) < 4.78 is 5.78. The van der Waals surface area contributed by atoms with E-state index in [9.17, 15) is 14.9 Å². The number of hydrogen-bond acceptors (Lipinski definition) is 7. The summed E-state index contributed by atoms with van der Waals surface area (Å²) in [5.74, 6) is 0.466. The van der Waals surface area contributed by atoms with Gasteiger partial charge in [-0.1, -0.05) is 30.3 Å². The maximum absolute atomic E-state index is 12.5. The lowest BCUT2D eigenvalue weighted by atomic mass is 10.2. The molecular weight excluding hydrogens is 476 g/mol. The lowest BCUT2D eigenvalue weighted by Crippen LogP contribution is -2.47. The number of piperazine rings is 1. The van der Waals surface area contributed by atoms with Gasteiger partial charge >= 0.3 is 0 Å². The standard InChI is InChI=1S/C27H24N4O4S/c32-26-25(36-27(28-26)30-16-14-29(15-17-30)22-4-2-1-3-5-22)18-20-8-12-24(13-9-20)35-19-21-6-10-23(11-7-21)31(33)34/h1-13,18H,14-17,19H2/b25-18+. The Morgan fingerprint density at radius 1 is 0.917 bits per heavy atom. The minimum atomic E-state index is -0.425. The molecule has 8 nitrogen and oxygen atoms in total. The molecule has 0 bridgehead atoms. The Balaban J connectivity index is 1.14. The summed E-state index contributed by atoms with van der Waals surface area (Å²) >= 11 is 1.42. The van der Waals surface area contributed by atoms with Gasteiger partial charge in [-0.05, 0) is 65.4 Å². The molecule has 0 atom stereocenters. The maximum atomic E-state index is 12.5. The zero-order valence-corrected chi connectivity index (χ0v) is 20.3. The number of nitro benzene ring substituents is 1. The lowest BCUT2D eigenvalue weighted by molar-refractivity contribution is -0.384. The second-order valence-corrected chi connectivity index (χ2v) is 9.41. The molecule has 0 N–H and O–H groups in total. The first-order valence-electron chi connectivity index (χ1n) is 11.6. The Morgan fingerprint density at radius 3 is 2.25 bits per heavy atom. The Morgan fingerprint density at radius 2 is 1.58 bits per heavy atom. The van der Waals surface area contributed by atoms with E-state index in [1.54, 1.807) is 12.1 Å². The van der Waals surface area contributed by atoms with Crippen molar-refractivity contribution in [1.82, 2.24) is 4.90 Å². The van der Waals surface area contributed by atoms with Gasteiger partial charge in [-0.25, -0.2) is 0 Å². The van der Waals surface area contributed by atoms with Crippen LogP contribution in [0.2, 0.25) is 0 Å². The summed E-state index contributed by atoms with van der Waals surface area (Å²) in [6, 6.07) is 24.1. The quantitative estimate of drug-likeness (QED) is 0.268. The summed E-state index contributed by atoms with van der Waals surface area (Å²) in [7, 11) is 0. The smallest absolute Gasteiger partial charge is 0.286 e. The van der Waals surface area contributed by atoms with Gasteiger partial charge in [0.25, 0.3) is 11.6 Å². The highest BCUT2D eigenvalue weighted by Crippen LogP contribution is 2.31. The predicted octanol–water partition coefficient (Wildman–Crippen LogP) is 4.97. The van der Waals surface area contributed by atoms with Crippen LogP contribution in [-0.2, 0) is 11.4 Å². The molecule has 182 valence electrons. The van der Waals surface area contributed by atoms with E-state index in [0.717, 1.165) is 42.5 Å². The molecule has 0 unspecified atom stereocenters. The zero-order valence-electron chi connectivity index (χ0n) is 19.4. The predicted molar refractivity (Wildman–Crippen MR) is 142 cm³/mol. The largest absolute Gasteiger partial charge is 0.489 e. The van der Waals surface area contributed by atoms with Gasteiger partial charge in [0, 0.05) is 44.0 Å². The second kappa shape index (κ2) is 10.7. The van der Waals surface area contributed by atoms with Crippen molar-refractivity contribution in [3.05, 3.63) is 105 Å². The van der Waals surface area contributed by atoms with Crippen molar-refractivity contribution in [3.8, 4) is 5.75 Å². The maximum Gasteiger partial charge on any atom is 0.286 e. The molecule has 36 heavy (non-hydrogen) atoms. The molecule has 5 rings (SSSR count). The van der Waals surface area contributed by atoms with Gasteiger partial charge in [-0.3, -0.25) is 14.9 Å². The first kappa shape index (κ1) is 23.6. The van der Waals surface area contributed by atoms with E-state index in [2.05, 4.69) is 26.9 Å². The molecule has 2 heterocycles. The van der Waals surface area contributed by atoms with Crippen molar-refractivity contribution in [2.24, 2.45) is 4.99 Å². The minimum absolute atomic E-state index is 0.0528. The third-order valence-corrected chi connectivity index (χ3v) is 7.06. The molecule has 3 aromatic rings. The average molecular weight is 501 g/mol. The first-order chi connectivity index (χ1) is 17.5. The van der Waals surface area contributed by atoms with Gasteiger partial charge in [0.1, 0.15) is 12.4 Å². The van der Waals surface area contributed by atoms with Gasteiger partial charge in [-0.15, -0.1) is 0 Å². The fourth-order valence-corrected chi connectivity index (χ4v) is 4.99. The number of benzene rings is 3. The molecular formula is C27H24N4O4S. The van der Waals surface area contributed by atoms with Crippen molar-refractivity contribution in [2.75, 3.05) is 31.1 Å². The highest BCUT2D eigenvalue weighted by atomic mass is 32.2. The molecule has 2 aliphatic heterocycles. The highest BCUT2D eigenvalue weighted by Gasteiger charge is 2.28. The van der Waals surface area contributed by atoms with Crippen LogP contribution in [0.4, 0.5) is 11.4 Å². The minimum Gasteiger partial charge on any atom is -0.489 e. The van der Waals surface area contributed by atoms with Crippen LogP contribution in [0.3, 0.4) is 0 Å². The Labute approximate surface area is 213 Å². The summed E-state index contributed by atoms with van der Waals surface area (Å²) in [6.45, 7) is 3.72. The number of thioether (sulfide) groups is 1. The van der Waals surface area contributed by atoms with E-state index in [1.807, 2.05) is 48.5 Å². The van der Waals surface area contributed by atoms with Crippen LogP contribution in [0.5, 0.6) is 5.75 Å². The lowest BCUT2D eigenvalue weighted by Gasteiger charge is -2.36. The van der Waals surface area contributed by atoms with Crippen LogP contribution in [0.25, 0.3) is 6.08 Å². The van der Waals surface area contributed by atoms with E-state index >= 15 is 0 Å². The van der Waals surface area contributed by atoms with Gasteiger partial charge in [0.05, 0.1) is 9.83 Å². The molecule has 0 radical (unpaired) electrons. The van der Waals surface area contributed by atoms with Gasteiger partial charge in [0.15, 0.2) is 5.17 Å². The monoisotopic (exact) mass is 500 g/mol. The van der Waals surface area contributed by atoms with Crippen LogP contribution in [-0.4, -0.2) is 47.1 Å². The molecule has 0 aliphatic carbocycles. The molecule has 0 aromatic heterocycles. The number of amides is 1. The van der Waals surface area contributed by atoms with Gasteiger partial charge in [-0.2, -0.15) is 4.99 Å². The van der Waals surface area contributed by atoms with Crippen LogP contribution in [0, 0.1) is 10.1 Å². The number of ether oxygens (including phenoxy) is 1. The number of hydrogen-bond donors (Lipinski definition) is 0. The van der Waals surface area contributed by atoms with Crippen molar-refractivity contribution in [3.63, 3.8) is 0 Å². The normalized spacial score (nSPS) is 16.8. The van der Waals surface area contributed by atoms with Crippen molar-refractivity contribution >= 4 is 40.3 Å². The SMILES string of the molecule is O=C1N=C(N2CCN(c3ccccc3)CC2)S/C1=C/c1ccc(OCc2ccc([N+](=O)[O-])cc2)cc1. The van der Waals surface area contributed by atoms with Crippen LogP contribution in [0.15, 0.2) is 88.8 Å². The number of non-ortho nitro benzene ring substituents is 1. The van der Waals surface area contributed by atoms with Crippen LogP contribution in [0.1, 0.15) is 11.1 Å². The zero-order chi connectivity index (χ0) is 24.9. The Kier molecular flexibility index (Phi) is 6.99. The summed E-state index contributed by atoms with van der Waals surface area (Å²) in [5, 5.41) is 11.5. The Bertz CT molecular complexity index is 1300. The fraction of sp³-hybridized carbons (Fsp3) is 0.185. The Hall–Kier alpha value is -4.11. The number of para-hydroxylation sites is 1. The number of carbonyl (C=O) groups excluding carboxylic acids is 1. The van der Waals surface area contributed by atoms with Crippen molar-refractivity contribution in [2.45, 2.75) is 6.61 Å². The number of amidine groups is 1. The number of nitro groups is 1. The first-order valence-corrected chi connectivity index (χ1v) is 12.4. The number of rotatable bonds is 6. The van der Waals surface area contributed by atoms with E-state index in [4.69, 9.17) is 4.74 Å². The van der Waals surface area contributed by atoms with Crippen molar-refractivity contribution < 1.29 is 14.5 Å². The molecule has 1 saturated heterocycles. The van der Waals surface area contributed by atoms with Gasteiger partial charge < -0.3 is 14.5 Å². The van der Waals surface area contributed by atoms with E-state index in [0.29, 0.717) is 17.3 Å². The molecule has 2 aliphatic rings. The third kappa shape index (κ3) is 5.58. The van der Waals surface area contributed by atoms with E-state index in [1.165, 1.54) is 29.6 Å². The fourth-order valence-electron chi connectivity index (χ4n) is 4.02. The highest BCUT2D eigenvalue weighted by molar-refractivity contribution is 8.18. The summed E-state index contributed by atoms with van der Waals surface area (Å²) in [4.78, 5) is 32.3. The molecule has 0 spiro atoms. The second-order valence-electron chi connectivity index (χ2n) is 8.40. The summed E-state index contributed by atoms with van der Waals surface area (Å²) in [6.07, 6.45) is 1.85. The molecule has 1 amide bonds. The number of carbonyl (C=O) groups is 1.